The highest BCUT2D eigenvalue weighted by atomic mass is 16.5. The van der Waals surface area contributed by atoms with E-state index in [-0.39, 0.29) is 30.5 Å². The molecular formula is C22H33N3O4. The van der Waals surface area contributed by atoms with E-state index in [1.807, 2.05) is 19.1 Å². The number of amides is 2. The van der Waals surface area contributed by atoms with Crippen molar-refractivity contribution in [2.45, 2.75) is 51.1 Å². The van der Waals surface area contributed by atoms with E-state index in [0.717, 1.165) is 36.6 Å². The largest absolute Gasteiger partial charge is 0.496 e. The first-order chi connectivity index (χ1) is 14.0. The van der Waals surface area contributed by atoms with Crippen molar-refractivity contribution in [3.8, 4) is 5.75 Å². The molecule has 1 aliphatic heterocycles. The molecular weight excluding hydrogens is 370 g/mol. The van der Waals surface area contributed by atoms with E-state index in [2.05, 4.69) is 15.5 Å². The Labute approximate surface area is 172 Å². The maximum Gasteiger partial charge on any atom is 0.251 e. The van der Waals surface area contributed by atoms with Gasteiger partial charge in [0.25, 0.3) is 5.91 Å². The van der Waals surface area contributed by atoms with Gasteiger partial charge >= 0.3 is 0 Å². The first-order valence-electron chi connectivity index (χ1n) is 10.6. The fourth-order valence-electron chi connectivity index (χ4n) is 4.16. The lowest BCUT2D eigenvalue weighted by Crippen LogP contribution is -2.45. The highest BCUT2D eigenvalue weighted by Crippen LogP contribution is 2.35. The number of nitrogens with zero attached hydrogens (tertiary/aromatic N) is 1. The number of hydrogen-bond donors (Lipinski definition) is 3. The Morgan fingerprint density at radius 1 is 1.17 bits per heavy atom. The van der Waals surface area contributed by atoms with Crippen molar-refractivity contribution in [1.29, 1.82) is 0 Å². The third-order valence-corrected chi connectivity index (χ3v) is 5.95. The predicted molar refractivity (Wildman–Crippen MR) is 111 cm³/mol. The molecule has 0 unspecified atom stereocenters. The summed E-state index contributed by atoms with van der Waals surface area (Å²) in [5.41, 5.74) is 1.57. The summed E-state index contributed by atoms with van der Waals surface area (Å²) in [6.07, 6.45) is 4.90. The molecule has 3 N–H and O–H groups in total. The third-order valence-electron chi connectivity index (χ3n) is 5.95. The van der Waals surface area contributed by atoms with Crippen LogP contribution in [0.15, 0.2) is 18.2 Å². The maximum absolute atomic E-state index is 12.6. The van der Waals surface area contributed by atoms with Crippen LogP contribution < -0.4 is 15.4 Å². The van der Waals surface area contributed by atoms with Gasteiger partial charge in [-0.1, -0.05) is 0 Å². The van der Waals surface area contributed by atoms with Crippen LogP contribution in [0.5, 0.6) is 5.75 Å². The quantitative estimate of drug-likeness (QED) is 0.550. The van der Waals surface area contributed by atoms with E-state index in [4.69, 9.17) is 9.84 Å². The lowest BCUT2D eigenvalue weighted by atomic mass is 10.1. The van der Waals surface area contributed by atoms with Crippen molar-refractivity contribution in [3.63, 3.8) is 0 Å². The molecule has 7 heteroatoms. The number of ether oxygens (including phenoxy) is 1. The van der Waals surface area contributed by atoms with Gasteiger partial charge < -0.3 is 20.5 Å². The number of carbonyl (C=O) groups is 2. The first kappa shape index (κ1) is 21.6. The highest BCUT2D eigenvalue weighted by Gasteiger charge is 2.38. The summed E-state index contributed by atoms with van der Waals surface area (Å²) in [5.74, 6) is 1.41. The summed E-state index contributed by atoms with van der Waals surface area (Å²) in [5, 5.41) is 14.7. The van der Waals surface area contributed by atoms with Crippen molar-refractivity contribution in [2.75, 3.05) is 33.4 Å². The van der Waals surface area contributed by atoms with E-state index in [1.54, 1.807) is 13.2 Å². The first-order valence-corrected chi connectivity index (χ1v) is 10.6. The molecule has 2 aliphatic rings. The van der Waals surface area contributed by atoms with Crippen molar-refractivity contribution in [1.82, 2.24) is 15.5 Å². The number of aliphatic hydroxyl groups excluding tert-OH is 1. The second-order valence-electron chi connectivity index (χ2n) is 8.20. The zero-order valence-electron chi connectivity index (χ0n) is 17.4. The monoisotopic (exact) mass is 403 g/mol. The molecule has 0 bridgehead atoms. The van der Waals surface area contributed by atoms with Crippen LogP contribution in [0.2, 0.25) is 0 Å². The molecule has 2 amide bonds. The molecule has 2 atom stereocenters. The molecule has 1 aliphatic carbocycles. The van der Waals surface area contributed by atoms with Gasteiger partial charge in [-0.3, -0.25) is 14.5 Å². The van der Waals surface area contributed by atoms with Crippen molar-refractivity contribution in [2.24, 2.45) is 5.92 Å². The molecule has 3 rings (SSSR count). The minimum absolute atomic E-state index is 0.0109. The zero-order valence-corrected chi connectivity index (χ0v) is 17.4. The summed E-state index contributed by atoms with van der Waals surface area (Å²) >= 11 is 0. The summed E-state index contributed by atoms with van der Waals surface area (Å²) in [6.45, 7) is 3.78. The molecule has 1 aromatic carbocycles. The molecule has 0 aromatic heterocycles. The Kier molecular flexibility index (Phi) is 7.50. The van der Waals surface area contributed by atoms with Gasteiger partial charge in [0.2, 0.25) is 5.91 Å². The van der Waals surface area contributed by atoms with E-state index in [9.17, 15) is 9.59 Å². The van der Waals surface area contributed by atoms with Gasteiger partial charge in [-0.15, -0.1) is 0 Å². The normalized spacial score (nSPS) is 21.8. The van der Waals surface area contributed by atoms with Gasteiger partial charge in [-0.2, -0.15) is 0 Å². The van der Waals surface area contributed by atoms with Crippen molar-refractivity contribution in [3.05, 3.63) is 29.3 Å². The third kappa shape index (κ3) is 5.93. The summed E-state index contributed by atoms with van der Waals surface area (Å²) in [6, 6.07) is 5.92. The van der Waals surface area contributed by atoms with Crippen LogP contribution in [0, 0.1) is 12.8 Å². The molecule has 2 fully saturated rings. The molecule has 29 heavy (non-hydrogen) atoms. The van der Waals surface area contributed by atoms with Crippen LogP contribution in [-0.2, 0) is 4.79 Å². The van der Waals surface area contributed by atoms with E-state index in [1.165, 1.54) is 12.8 Å². The fraction of sp³-hybridized carbons (Fsp3) is 0.636. The lowest BCUT2D eigenvalue weighted by molar-refractivity contribution is -0.122. The van der Waals surface area contributed by atoms with Crippen LogP contribution in [0.25, 0.3) is 0 Å². The van der Waals surface area contributed by atoms with Gasteiger partial charge in [0.15, 0.2) is 0 Å². The Balaban J connectivity index is 1.56. The number of likely N-dealkylation sites (tertiary alicyclic amines) is 1. The minimum Gasteiger partial charge on any atom is -0.496 e. The zero-order chi connectivity index (χ0) is 20.8. The Morgan fingerprint density at radius 2 is 1.93 bits per heavy atom. The molecule has 1 aromatic rings. The molecule has 1 saturated heterocycles. The Morgan fingerprint density at radius 3 is 2.59 bits per heavy atom. The molecule has 7 nitrogen and oxygen atoms in total. The highest BCUT2D eigenvalue weighted by molar-refractivity contribution is 5.94. The second-order valence-corrected chi connectivity index (χ2v) is 8.20. The number of carbonyl (C=O) groups excluding carboxylic acids is 2. The average molecular weight is 404 g/mol. The van der Waals surface area contributed by atoms with Gasteiger partial charge in [0, 0.05) is 43.7 Å². The van der Waals surface area contributed by atoms with E-state index in [0.29, 0.717) is 25.1 Å². The van der Waals surface area contributed by atoms with Crippen molar-refractivity contribution >= 4 is 11.8 Å². The van der Waals surface area contributed by atoms with Gasteiger partial charge in [-0.05, 0) is 62.3 Å². The fourth-order valence-corrected chi connectivity index (χ4v) is 4.16. The van der Waals surface area contributed by atoms with Gasteiger partial charge in [0.1, 0.15) is 5.75 Å². The Bertz CT molecular complexity index is 720. The summed E-state index contributed by atoms with van der Waals surface area (Å²) in [7, 11) is 1.62. The van der Waals surface area contributed by atoms with Crippen LogP contribution in [0.3, 0.4) is 0 Å². The molecule has 160 valence electrons. The molecule has 1 heterocycles. The van der Waals surface area contributed by atoms with Crippen LogP contribution in [-0.4, -0.2) is 67.3 Å². The van der Waals surface area contributed by atoms with E-state index >= 15 is 0 Å². The predicted octanol–water partition coefficient (Wildman–Crippen LogP) is 1.48. The number of rotatable bonds is 10. The number of aryl methyl sites for hydroxylation is 1. The smallest absolute Gasteiger partial charge is 0.251 e. The molecule has 1 saturated carbocycles. The lowest BCUT2D eigenvalue weighted by Gasteiger charge is -2.30. The van der Waals surface area contributed by atoms with Crippen LogP contribution in [0.1, 0.15) is 48.0 Å². The second kappa shape index (κ2) is 10.1. The van der Waals surface area contributed by atoms with Gasteiger partial charge in [0.05, 0.1) is 13.7 Å². The summed E-state index contributed by atoms with van der Waals surface area (Å²) < 4.78 is 5.26. The summed E-state index contributed by atoms with van der Waals surface area (Å²) in [4.78, 5) is 27.2. The Hall–Kier alpha value is -2.12. The van der Waals surface area contributed by atoms with Crippen LogP contribution in [0.4, 0.5) is 0 Å². The van der Waals surface area contributed by atoms with E-state index < -0.39 is 0 Å². The number of methoxy groups -OCH3 is 1. The topological polar surface area (TPSA) is 90.9 Å². The standard InChI is InChI=1S/C22H33N3O4/c1-15-11-17(5-8-20(15)29-2)22(28)24-13-19-7-6-18(12-21(27)23-9-10-26)25(19)14-16-3-4-16/h5,8,11,16,18-19,26H,3-4,6-7,9-10,12-14H2,1-2H3,(H,23,27)(H,24,28)/t18-,19+/m1/s1. The molecule has 0 radical (unpaired) electrons. The van der Waals surface area contributed by atoms with Gasteiger partial charge in [-0.25, -0.2) is 0 Å². The SMILES string of the molecule is COc1ccc(C(=O)NC[C@@H]2CC[C@H](CC(=O)NCCO)N2CC2CC2)cc1C. The minimum atomic E-state index is -0.0775. The van der Waals surface area contributed by atoms with Crippen molar-refractivity contribution < 1.29 is 19.4 Å². The van der Waals surface area contributed by atoms with Crippen LogP contribution >= 0.6 is 0 Å². The molecule has 0 spiro atoms. The number of nitrogens with one attached hydrogen (secondary N) is 2. The number of benzene rings is 1. The number of hydrogen-bond acceptors (Lipinski definition) is 5. The maximum atomic E-state index is 12.6. The average Bonchev–Trinajstić information content (AvgIpc) is 3.46. The number of aliphatic hydroxyl groups is 1.